The van der Waals surface area contributed by atoms with Gasteiger partial charge in [-0.3, -0.25) is 9.59 Å². The van der Waals surface area contributed by atoms with Crippen molar-refractivity contribution >= 4 is 35.0 Å². The van der Waals surface area contributed by atoms with E-state index in [1.165, 1.54) is 18.2 Å². The van der Waals surface area contributed by atoms with Gasteiger partial charge in [-0.25, -0.2) is 4.98 Å². The lowest BCUT2D eigenvalue weighted by Crippen LogP contribution is -2.39. The normalized spacial score (nSPS) is 11.6. The summed E-state index contributed by atoms with van der Waals surface area (Å²) in [5.41, 5.74) is 1.11. The molecule has 0 saturated carbocycles. The zero-order chi connectivity index (χ0) is 21.7. The van der Waals surface area contributed by atoms with Crippen LogP contribution >= 0.6 is 23.2 Å². The molecule has 0 saturated heterocycles. The highest BCUT2D eigenvalue weighted by Gasteiger charge is 2.21. The Morgan fingerprint density at radius 3 is 2.63 bits per heavy atom. The Balaban J connectivity index is 1.72. The van der Waals surface area contributed by atoms with Crippen LogP contribution in [-0.4, -0.2) is 35.0 Å². The summed E-state index contributed by atoms with van der Waals surface area (Å²) in [6.45, 7) is -0.218. The van der Waals surface area contributed by atoms with E-state index >= 15 is 0 Å². The summed E-state index contributed by atoms with van der Waals surface area (Å²) in [4.78, 5) is 29.3. The number of amides is 2. The molecule has 9 heteroatoms. The molecule has 1 aromatic heterocycles. The van der Waals surface area contributed by atoms with Crippen LogP contribution in [0, 0.1) is 0 Å². The number of imidazole rings is 1. The topological polar surface area (TPSA) is 85.2 Å². The number of halogens is 2. The third-order valence-corrected chi connectivity index (χ3v) is 5.18. The predicted octanol–water partition coefficient (Wildman–Crippen LogP) is 3.37. The van der Waals surface area contributed by atoms with E-state index < -0.39 is 11.9 Å². The van der Waals surface area contributed by atoms with Crippen LogP contribution in [0.3, 0.4) is 0 Å². The van der Waals surface area contributed by atoms with E-state index in [1.54, 1.807) is 19.5 Å². The van der Waals surface area contributed by atoms with Gasteiger partial charge < -0.3 is 19.9 Å². The van der Waals surface area contributed by atoms with Gasteiger partial charge in [-0.05, 0) is 35.9 Å². The molecule has 2 amide bonds. The standard InChI is InChI=1S/C21H20Cl2N4O3/c1-27-9-8-24-20(27)19(13-4-3-5-15(10-13)30-2)26-18(28)12-25-21(29)14-6-7-16(22)17(23)11-14/h3-11,19H,12H2,1-2H3,(H,25,29)(H,26,28). The lowest BCUT2D eigenvalue weighted by molar-refractivity contribution is -0.120. The molecule has 0 bridgehead atoms. The van der Waals surface area contributed by atoms with Crippen molar-refractivity contribution in [1.29, 1.82) is 0 Å². The second-order valence-corrected chi connectivity index (χ2v) is 7.30. The van der Waals surface area contributed by atoms with Gasteiger partial charge in [-0.15, -0.1) is 0 Å². The molecular weight excluding hydrogens is 427 g/mol. The van der Waals surface area contributed by atoms with E-state index in [1.807, 2.05) is 35.9 Å². The van der Waals surface area contributed by atoms with Crippen LogP contribution in [0.4, 0.5) is 0 Å². The van der Waals surface area contributed by atoms with E-state index in [4.69, 9.17) is 27.9 Å². The summed E-state index contributed by atoms with van der Waals surface area (Å²) in [6, 6.07) is 11.3. The fourth-order valence-corrected chi connectivity index (χ4v) is 3.18. The van der Waals surface area contributed by atoms with Crippen LogP contribution in [0.25, 0.3) is 0 Å². The Bertz CT molecular complexity index is 1070. The molecule has 1 atom stereocenters. The maximum atomic E-state index is 12.6. The number of nitrogens with zero attached hydrogens (tertiary/aromatic N) is 2. The highest BCUT2D eigenvalue weighted by Crippen LogP contribution is 2.24. The van der Waals surface area contributed by atoms with Gasteiger partial charge in [0, 0.05) is 25.0 Å². The van der Waals surface area contributed by atoms with Crippen molar-refractivity contribution in [3.63, 3.8) is 0 Å². The number of aromatic nitrogens is 2. The van der Waals surface area contributed by atoms with Crippen molar-refractivity contribution in [2.75, 3.05) is 13.7 Å². The van der Waals surface area contributed by atoms with Gasteiger partial charge in [0.1, 0.15) is 17.6 Å². The van der Waals surface area contributed by atoms with E-state index in [0.717, 1.165) is 5.56 Å². The number of rotatable bonds is 7. The summed E-state index contributed by atoms with van der Waals surface area (Å²) in [5, 5.41) is 6.11. The molecular formula is C21H20Cl2N4O3. The molecule has 3 aromatic rings. The maximum absolute atomic E-state index is 12.6. The maximum Gasteiger partial charge on any atom is 0.251 e. The first-order chi connectivity index (χ1) is 14.4. The van der Waals surface area contributed by atoms with Crippen LogP contribution < -0.4 is 15.4 Å². The van der Waals surface area contributed by atoms with Crippen LogP contribution in [0.15, 0.2) is 54.9 Å². The zero-order valence-corrected chi connectivity index (χ0v) is 17.9. The van der Waals surface area contributed by atoms with Gasteiger partial charge in [-0.1, -0.05) is 35.3 Å². The Morgan fingerprint density at radius 1 is 1.17 bits per heavy atom. The molecule has 0 radical (unpaired) electrons. The third kappa shape index (κ3) is 5.11. The first-order valence-corrected chi connectivity index (χ1v) is 9.78. The average Bonchev–Trinajstić information content (AvgIpc) is 3.17. The molecule has 30 heavy (non-hydrogen) atoms. The largest absolute Gasteiger partial charge is 0.497 e. The van der Waals surface area contributed by atoms with Crippen molar-refractivity contribution in [2.45, 2.75) is 6.04 Å². The molecule has 0 spiro atoms. The van der Waals surface area contributed by atoms with Crippen LogP contribution in [-0.2, 0) is 11.8 Å². The molecule has 0 aliphatic carbocycles. The fraction of sp³-hybridized carbons (Fsp3) is 0.190. The van der Waals surface area contributed by atoms with E-state index in [0.29, 0.717) is 22.2 Å². The summed E-state index contributed by atoms with van der Waals surface area (Å²) in [7, 11) is 3.42. The summed E-state index contributed by atoms with van der Waals surface area (Å²) < 4.78 is 7.10. The quantitative estimate of drug-likeness (QED) is 0.582. The first-order valence-electron chi connectivity index (χ1n) is 9.03. The number of hydrogen-bond acceptors (Lipinski definition) is 4. The number of aryl methyl sites for hydroxylation is 1. The van der Waals surface area contributed by atoms with E-state index in [2.05, 4.69) is 15.6 Å². The van der Waals surface area contributed by atoms with Crippen molar-refractivity contribution in [1.82, 2.24) is 20.2 Å². The number of nitrogens with one attached hydrogen (secondary N) is 2. The number of methoxy groups -OCH3 is 1. The molecule has 1 unspecified atom stereocenters. The molecule has 0 aliphatic heterocycles. The molecule has 0 aliphatic rings. The number of carbonyl (C=O) groups is 2. The Hall–Kier alpha value is -3.03. The van der Waals surface area contributed by atoms with E-state index in [-0.39, 0.29) is 17.5 Å². The lowest BCUT2D eigenvalue weighted by Gasteiger charge is -2.20. The number of carbonyl (C=O) groups excluding carboxylic acids is 2. The minimum Gasteiger partial charge on any atom is -0.497 e. The van der Waals surface area contributed by atoms with Gasteiger partial charge in [-0.2, -0.15) is 0 Å². The van der Waals surface area contributed by atoms with E-state index in [9.17, 15) is 9.59 Å². The minimum atomic E-state index is -0.519. The molecule has 156 valence electrons. The average molecular weight is 447 g/mol. The Labute approximate surface area is 184 Å². The van der Waals surface area contributed by atoms with Crippen molar-refractivity contribution in [2.24, 2.45) is 7.05 Å². The highest BCUT2D eigenvalue weighted by molar-refractivity contribution is 6.42. The van der Waals surface area contributed by atoms with Crippen LogP contribution in [0.2, 0.25) is 10.0 Å². The molecule has 1 heterocycles. The SMILES string of the molecule is COc1cccc(C(NC(=O)CNC(=O)c2ccc(Cl)c(Cl)c2)c2nccn2C)c1. The molecule has 2 N–H and O–H groups in total. The third-order valence-electron chi connectivity index (χ3n) is 4.44. The Kier molecular flexibility index (Phi) is 6.97. The Morgan fingerprint density at radius 2 is 1.97 bits per heavy atom. The monoisotopic (exact) mass is 446 g/mol. The van der Waals surface area contributed by atoms with Crippen molar-refractivity contribution in [3.05, 3.63) is 81.9 Å². The van der Waals surface area contributed by atoms with Gasteiger partial charge >= 0.3 is 0 Å². The second-order valence-electron chi connectivity index (χ2n) is 6.49. The summed E-state index contributed by atoms with van der Waals surface area (Å²) in [5.74, 6) is 0.499. The smallest absolute Gasteiger partial charge is 0.251 e. The van der Waals surface area contributed by atoms with Gasteiger partial charge in [0.2, 0.25) is 5.91 Å². The zero-order valence-electron chi connectivity index (χ0n) is 16.4. The number of benzene rings is 2. The number of hydrogen-bond donors (Lipinski definition) is 2. The van der Waals surface area contributed by atoms with Gasteiger partial charge in [0.05, 0.1) is 23.7 Å². The first kappa shape index (κ1) is 21.7. The van der Waals surface area contributed by atoms with Crippen molar-refractivity contribution in [3.8, 4) is 5.75 Å². The van der Waals surface area contributed by atoms with Crippen molar-refractivity contribution < 1.29 is 14.3 Å². The molecule has 0 fully saturated rings. The van der Waals surface area contributed by atoms with Gasteiger partial charge in [0.15, 0.2) is 0 Å². The minimum absolute atomic E-state index is 0.218. The fourth-order valence-electron chi connectivity index (χ4n) is 2.89. The molecule has 3 rings (SSSR count). The molecule has 2 aromatic carbocycles. The highest BCUT2D eigenvalue weighted by atomic mass is 35.5. The summed E-state index contributed by atoms with van der Waals surface area (Å²) >= 11 is 11.8. The second kappa shape index (κ2) is 9.65. The van der Waals surface area contributed by atoms with Gasteiger partial charge in [0.25, 0.3) is 5.91 Å². The summed E-state index contributed by atoms with van der Waals surface area (Å²) in [6.07, 6.45) is 3.45. The molecule has 7 nitrogen and oxygen atoms in total. The number of ether oxygens (including phenoxy) is 1. The lowest BCUT2D eigenvalue weighted by atomic mass is 10.1. The van der Waals surface area contributed by atoms with Crippen LogP contribution in [0.5, 0.6) is 5.75 Å². The predicted molar refractivity (Wildman–Crippen MR) is 115 cm³/mol. The van der Waals surface area contributed by atoms with Crippen LogP contribution in [0.1, 0.15) is 27.8 Å².